The number of thiazole rings is 1. The number of halogens is 1. The molecule has 0 saturated carbocycles. The molecule has 6 heteroatoms. The molecule has 24 heavy (non-hydrogen) atoms. The highest BCUT2D eigenvalue weighted by molar-refractivity contribution is 7.99. The topological polar surface area (TPSA) is 34.4 Å². The zero-order chi connectivity index (χ0) is 17.3. The van der Waals surface area contributed by atoms with E-state index in [0.29, 0.717) is 15.6 Å². The van der Waals surface area contributed by atoms with Gasteiger partial charge in [0.15, 0.2) is 4.80 Å². The van der Waals surface area contributed by atoms with E-state index in [0.717, 1.165) is 15.1 Å². The Morgan fingerprint density at radius 2 is 1.92 bits per heavy atom. The van der Waals surface area contributed by atoms with Gasteiger partial charge in [-0.15, -0.1) is 11.8 Å². The lowest BCUT2D eigenvalue weighted by atomic mass is 10.2. The molecule has 0 radical (unpaired) electrons. The van der Waals surface area contributed by atoms with Crippen molar-refractivity contribution in [1.29, 1.82) is 0 Å². The second-order valence-electron chi connectivity index (χ2n) is 5.66. The third-order valence-corrected chi connectivity index (χ3v) is 5.55. The fourth-order valence-corrected chi connectivity index (χ4v) is 4.19. The summed E-state index contributed by atoms with van der Waals surface area (Å²) in [5, 5.41) is 0.495. The number of rotatable bonds is 3. The Balaban J connectivity index is 1.93. The minimum Gasteiger partial charge on any atom is -0.319 e. The molecule has 0 aliphatic rings. The van der Waals surface area contributed by atoms with Gasteiger partial charge >= 0.3 is 0 Å². The van der Waals surface area contributed by atoms with Gasteiger partial charge in [-0.05, 0) is 42.5 Å². The average molecular weight is 360 g/mol. The Kier molecular flexibility index (Phi) is 4.87. The van der Waals surface area contributed by atoms with Crippen molar-refractivity contribution in [2.75, 3.05) is 0 Å². The second-order valence-corrected chi connectivity index (χ2v) is 8.32. The van der Waals surface area contributed by atoms with E-state index in [-0.39, 0.29) is 11.7 Å². The Bertz CT molecular complexity index is 955. The molecule has 3 rings (SSSR count). The van der Waals surface area contributed by atoms with E-state index in [1.807, 2.05) is 19.2 Å². The summed E-state index contributed by atoms with van der Waals surface area (Å²) in [6.07, 6.45) is 0. The van der Waals surface area contributed by atoms with Gasteiger partial charge in [0.05, 0.1) is 10.2 Å². The van der Waals surface area contributed by atoms with Crippen molar-refractivity contribution in [3.63, 3.8) is 0 Å². The van der Waals surface area contributed by atoms with Crippen LogP contribution in [0.3, 0.4) is 0 Å². The number of hydrogen-bond acceptors (Lipinski definition) is 3. The van der Waals surface area contributed by atoms with Gasteiger partial charge in [0.1, 0.15) is 5.82 Å². The zero-order valence-corrected chi connectivity index (χ0v) is 15.2. The number of aryl methyl sites for hydroxylation is 1. The quantitative estimate of drug-likeness (QED) is 0.639. The van der Waals surface area contributed by atoms with Crippen LogP contribution in [0.1, 0.15) is 24.2 Å². The number of benzene rings is 2. The molecular weight excluding hydrogens is 343 g/mol. The highest BCUT2D eigenvalue weighted by atomic mass is 32.2. The maximum atomic E-state index is 13.3. The lowest BCUT2D eigenvalue weighted by molar-refractivity contribution is 0.0998. The Labute approximate surface area is 147 Å². The minimum absolute atomic E-state index is 0.291. The number of hydrogen-bond donors (Lipinski definition) is 0. The molecule has 0 atom stereocenters. The summed E-state index contributed by atoms with van der Waals surface area (Å²) >= 11 is 3.05. The van der Waals surface area contributed by atoms with Crippen LogP contribution in [-0.2, 0) is 7.05 Å². The fourth-order valence-electron chi connectivity index (χ4n) is 2.31. The van der Waals surface area contributed by atoms with Crippen LogP contribution in [0.15, 0.2) is 52.4 Å². The highest BCUT2D eigenvalue weighted by Gasteiger charge is 2.08. The maximum absolute atomic E-state index is 13.3. The van der Waals surface area contributed by atoms with Gasteiger partial charge in [-0.3, -0.25) is 4.79 Å². The lowest BCUT2D eigenvalue weighted by Crippen LogP contribution is -2.13. The first-order valence-electron chi connectivity index (χ1n) is 7.55. The van der Waals surface area contributed by atoms with Crippen LogP contribution in [0, 0.1) is 5.82 Å². The number of carbonyl (C=O) groups excluding carboxylic acids is 1. The Hall–Kier alpha value is -1.92. The molecule has 3 nitrogen and oxygen atoms in total. The molecule has 0 aliphatic heterocycles. The van der Waals surface area contributed by atoms with Crippen LogP contribution in [-0.4, -0.2) is 15.7 Å². The monoisotopic (exact) mass is 360 g/mol. The van der Waals surface area contributed by atoms with Gasteiger partial charge in [-0.25, -0.2) is 4.39 Å². The summed E-state index contributed by atoms with van der Waals surface area (Å²) in [6.45, 7) is 4.26. The molecule has 0 aliphatic carbocycles. The molecule has 1 heterocycles. The highest BCUT2D eigenvalue weighted by Crippen LogP contribution is 2.23. The maximum Gasteiger partial charge on any atom is 0.279 e. The van der Waals surface area contributed by atoms with Crippen molar-refractivity contribution >= 4 is 39.2 Å². The molecule has 2 aromatic carbocycles. The summed E-state index contributed by atoms with van der Waals surface area (Å²) in [4.78, 5) is 18.3. The van der Waals surface area contributed by atoms with Crippen LogP contribution >= 0.6 is 23.1 Å². The third-order valence-electron chi connectivity index (χ3n) is 3.44. The standard InChI is InChI=1S/C18H17FN2OS2/c1-11(2)23-14-7-4-12(5-8-14)17(22)20-18-21(3)15-9-6-13(19)10-16(15)24-18/h4-11H,1-3H3. The molecule has 0 unspecified atom stereocenters. The Morgan fingerprint density at radius 3 is 2.58 bits per heavy atom. The van der Waals surface area contributed by atoms with Crippen molar-refractivity contribution in [2.24, 2.45) is 12.0 Å². The molecule has 1 aromatic heterocycles. The van der Waals surface area contributed by atoms with Crippen LogP contribution in [0.25, 0.3) is 10.2 Å². The first-order chi connectivity index (χ1) is 11.4. The number of nitrogens with zero attached hydrogens (tertiary/aromatic N) is 2. The molecule has 3 aromatic rings. The largest absolute Gasteiger partial charge is 0.319 e. The lowest BCUT2D eigenvalue weighted by Gasteiger charge is -2.04. The number of amides is 1. The Morgan fingerprint density at radius 1 is 1.21 bits per heavy atom. The number of carbonyl (C=O) groups is 1. The molecule has 0 N–H and O–H groups in total. The van der Waals surface area contributed by atoms with Gasteiger partial charge in [-0.2, -0.15) is 4.99 Å². The predicted octanol–water partition coefficient (Wildman–Crippen LogP) is 4.62. The van der Waals surface area contributed by atoms with Crippen LogP contribution < -0.4 is 4.80 Å². The smallest absolute Gasteiger partial charge is 0.279 e. The molecule has 0 bridgehead atoms. The minimum atomic E-state index is -0.293. The molecule has 1 amide bonds. The third kappa shape index (κ3) is 3.60. The van der Waals surface area contributed by atoms with Crippen molar-refractivity contribution in [2.45, 2.75) is 24.0 Å². The van der Waals surface area contributed by atoms with Crippen molar-refractivity contribution in [3.8, 4) is 0 Å². The van der Waals surface area contributed by atoms with Gasteiger partial charge < -0.3 is 4.57 Å². The molecule has 0 saturated heterocycles. The van der Waals surface area contributed by atoms with Gasteiger partial charge in [-0.1, -0.05) is 25.2 Å². The number of fused-ring (bicyclic) bond motifs is 1. The average Bonchev–Trinajstić information content (AvgIpc) is 2.82. The van der Waals surface area contributed by atoms with E-state index >= 15 is 0 Å². The van der Waals surface area contributed by atoms with Crippen LogP contribution in [0.5, 0.6) is 0 Å². The summed E-state index contributed by atoms with van der Waals surface area (Å²) in [5.74, 6) is -0.584. The summed E-state index contributed by atoms with van der Waals surface area (Å²) in [6, 6.07) is 12.0. The predicted molar refractivity (Wildman–Crippen MR) is 98.1 cm³/mol. The van der Waals surface area contributed by atoms with Crippen LogP contribution in [0.4, 0.5) is 4.39 Å². The first kappa shape index (κ1) is 16.9. The van der Waals surface area contributed by atoms with Crippen molar-refractivity contribution in [3.05, 3.63) is 58.6 Å². The van der Waals surface area contributed by atoms with Crippen molar-refractivity contribution in [1.82, 2.24) is 4.57 Å². The van der Waals surface area contributed by atoms with E-state index in [1.54, 1.807) is 34.5 Å². The summed E-state index contributed by atoms with van der Waals surface area (Å²) < 4.78 is 15.9. The van der Waals surface area contributed by atoms with Crippen LogP contribution in [0.2, 0.25) is 0 Å². The fraction of sp³-hybridized carbons (Fsp3) is 0.222. The van der Waals surface area contributed by atoms with E-state index in [9.17, 15) is 9.18 Å². The van der Waals surface area contributed by atoms with Gasteiger partial charge in [0.2, 0.25) is 0 Å². The molecule has 124 valence electrons. The van der Waals surface area contributed by atoms with Gasteiger partial charge in [0, 0.05) is 22.8 Å². The summed E-state index contributed by atoms with van der Waals surface area (Å²) in [7, 11) is 1.82. The van der Waals surface area contributed by atoms with E-state index in [2.05, 4.69) is 18.8 Å². The second kappa shape index (κ2) is 6.91. The number of thioether (sulfide) groups is 1. The number of aromatic nitrogens is 1. The normalized spacial score (nSPS) is 12.3. The van der Waals surface area contributed by atoms with E-state index in [1.165, 1.54) is 23.5 Å². The molecule has 0 spiro atoms. The molecule has 0 fully saturated rings. The van der Waals surface area contributed by atoms with E-state index in [4.69, 9.17) is 0 Å². The molecular formula is C18H17FN2OS2. The van der Waals surface area contributed by atoms with Crippen molar-refractivity contribution < 1.29 is 9.18 Å². The summed E-state index contributed by atoms with van der Waals surface area (Å²) in [5.41, 5.74) is 1.41. The van der Waals surface area contributed by atoms with Gasteiger partial charge in [0.25, 0.3) is 5.91 Å². The van der Waals surface area contributed by atoms with E-state index < -0.39 is 0 Å². The first-order valence-corrected chi connectivity index (χ1v) is 9.24. The SMILES string of the molecule is CC(C)Sc1ccc(C(=O)N=c2sc3cc(F)ccc3n2C)cc1. The zero-order valence-electron chi connectivity index (χ0n) is 13.6.